The first-order valence-corrected chi connectivity index (χ1v) is 2.37. The van der Waals surface area contributed by atoms with Crippen LogP contribution in [0.5, 0.6) is 0 Å². The highest BCUT2D eigenvalue weighted by molar-refractivity contribution is 5.53. The Balaban J connectivity index is 0. The zero-order chi connectivity index (χ0) is 8.08. The third kappa shape index (κ3) is 334. The van der Waals surface area contributed by atoms with Crippen molar-refractivity contribution in [3.8, 4) is 0 Å². The minimum absolute atomic E-state index is 0.500. The van der Waals surface area contributed by atoms with Crippen molar-refractivity contribution < 1.29 is 20.1 Å². The molecule has 0 saturated heterocycles. The fraction of sp³-hybridized carbons (Fsp3) is 0.800. The van der Waals surface area contributed by atoms with E-state index in [1.807, 2.05) is 0 Å². The number of hydrogen-bond donors (Lipinski definition) is 3. The van der Waals surface area contributed by atoms with Gasteiger partial charge in [-0.05, 0) is 20.8 Å². The van der Waals surface area contributed by atoms with Crippen LogP contribution in [0.2, 0.25) is 0 Å². The average molecular weight is 136 g/mol. The van der Waals surface area contributed by atoms with Crippen LogP contribution < -0.4 is 0 Å². The third-order valence-electron chi connectivity index (χ3n) is 0. The molecule has 0 aliphatic carbocycles. The molecule has 0 saturated carbocycles. The summed E-state index contributed by atoms with van der Waals surface area (Å²) in [7, 11) is 0. The lowest BCUT2D eigenvalue weighted by molar-refractivity contribution is 0.102. The lowest BCUT2D eigenvalue weighted by Crippen LogP contribution is -2.10. The summed E-state index contributed by atoms with van der Waals surface area (Å²) in [6, 6.07) is 0. The van der Waals surface area contributed by atoms with Crippen LogP contribution >= 0.6 is 0 Å². The second kappa shape index (κ2) is 4.14. The molecule has 0 aromatic carbocycles. The van der Waals surface area contributed by atoms with Gasteiger partial charge in [0, 0.05) is 0 Å². The first-order valence-electron chi connectivity index (χ1n) is 2.37. The van der Waals surface area contributed by atoms with E-state index in [2.05, 4.69) is 0 Å². The Morgan fingerprint density at radius 2 is 1.22 bits per heavy atom. The van der Waals surface area contributed by atoms with Crippen molar-refractivity contribution in [2.24, 2.45) is 0 Å². The summed E-state index contributed by atoms with van der Waals surface area (Å²) in [4.78, 5) is 8.56. The molecule has 0 spiro atoms. The van der Waals surface area contributed by atoms with Gasteiger partial charge >= 0.3 is 6.16 Å². The molecular formula is C5H12O4. The predicted molar refractivity (Wildman–Crippen MR) is 32.6 cm³/mol. The standard InChI is InChI=1S/C4H10O.CH2O3/c1-4(2,3)5;2-1(3)4/h5H,1-3H3;(H2,2,3,4). The Labute approximate surface area is 53.7 Å². The lowest BCUT2D eigenvalue weighted by Gasteiger charge is -2.04. The molecule has 0 radical (unpaired) electrons. The van der Waals surface area contributed by atoms with E-state index in [4.69, 9.17) is 20.1 Å². The van der Waals surface area contributed by atoms with Gasteiger partial charge < -0.3 is 15.3 Å². The second-order valence-electron chi connectivity index (χ2n) is 2.45. The Kier molecular flexibility index (Phi) is 5.10. The van der Waals surface area contributed by atoms with Crippen LogP contribution in [0, 0.1) is 0 Å². The molecule has 0 amide bonds. The molecule has 0 atom stereocenters. The quantitative estimate of drug-likeness (QED) is 0.464. The Morgan fingerprint density at radius 3 is 1.22 bits per heavy atom. The molecule has 0 aliphatic heterocycles. The van der Waals surface area contributed by atoms with Crippen molar-refractivity contribution in [3.05, 3.63) is 0 Å². The van der Waals surface area contributed by atoms with Crippen LogP contribution in [0.1, 0.15) is 20.8 Å². The summed E-state index contributed by atoms with van der Waals surface area (Å²) in [6.07, 6.45) is -1.83. The van der Waals surface area contributed by atoms with Gasteiger partial charge in [-0.25, -0.2) is 4.79 Å². The van der Waals surface area contributed by atoms with Crippen molar-refractivity contribution >= 4 is 6.16 Å². The van der Waals surface area contributed by atoms with Gasteiger partial charge in [-0.15, -0.1) is 0 Å². The largest absolute Gasteiger partial charge is 0.503 e. The average Bonchev–Trinajstić information content (AvgIpc) is 1.19. The van der Waals surface area contributed by atoms with Crippen molar-refractivity contribution in [1.82, 2.24) is 0 Å². The lowest BCUT2D eigenvalue weighted by atomic mass is 10.2. The van der Waals surface area contributed by atoms with Gasteiger partial charge in [-0.2, -0.15) is 0 Å². The van der Waals surface area contributed by atoms with Crippen LogP contribution in [0.3, 0.4) is 0 Å². The maximum absolute atomic E-state index is 8.56. The monoisotopic (exact) mass is 136 g/mol. The maximum atomic E-state index is 8.56. The zero-order valence-electron chi connectivity index (χ0n) is 5.75. The van der Waals surface area contributed by atoms with Crippen molar-refractivity contribution in [1.29, 1.82) is 0 Å². The molecule has 0 fully saturated rings. The van der Waals surface area contributed by atoms with E-state index in [1.54, 1.807) is 20.8 Å². The van der Waals surface area contributed by atoms with E-state index in [0.29, 0.717) is 0 Å². The fourth-order valence-corrected chi connectivity index (χ4v) is 0. The number of carboxylic acid groups (broad SMARTS) is 2. The molecule has 0 aliphatic rings. The van der Waals surface area contributed by atoms with Gasteiger partial charge in [0.05, 0.1) is 5.60 Å². The number of hydrogen-bond acceptors (Lipinski definition) is 2. The normalized spacial score (nSPS) is 9.33. The highest BCUT2D eigenvalue weighted by Crippen LogP contribution is 1.93. The molecule has 4 nitrogen and oxygen atoms in total. The van der Waals surface area contributed by atoms with Gasteiger partial charge in [0.2, 0.25) is 0 Å². The Bertz CT molecular complexity index is 71.4. The third-order valence-corrected chi connectivity index (χ3v) is 0. The van der Waals surface area contributed by atoms with Gasteiger partial charge in [-0.3, -0.25) is 0 Å². The maximum Gasteiger partial charge on any atom is 0.503 e. The molecule has 3 N–H and O–H groups in total. The topological polar surface area (TPSA) is 77.8 Å². The predicted octanol–water partition coefficient (Wildman–Crippen LogP) is 1.000. The number of rotatable bonds is 0. The van der Waals surface area contributed by atoms with Gasteiger partial charge in [-0.1, -0.05) is 0 Å². The summed E-state index contributed by atoms with van der Waals surface area (Å²) >= 11 is 0. The van der Waals surface area contributed by atoms with E-state index >= 15 is 0 Å². The molecule has 0 aromatic heterocycles. The number of aliphatic hydroxyl groups is 1. The first-order chi connectivity index (χ1) is 3.73. The Hall–Kier alpha value is -0.770. The summed E-state index contributed by atoms with van der Waals surface area (Å²) in [5.41, 5.74) is -0.500. The van der Waals surface area contributed by atoms with Gasteiger partial charge in [0.15, 0.2) is 0 Å². The van der Waals surface area contributed by atoms with Gasteiger partial charge in [0.1, 0.15) is 0 Å². The molecular weight excluding hydrogens is 124 g/mol. The Morgan fingerprint density at radius 1 is 1.22 bits per heavy atom. The van der Waals surface area contributed by atoms with Gasteiger partial charge in [0.25, 0.3) is 0 Å². The molecule has 0 aromatic rings. The molecule has 0 bridgehead atoms. The number of carbonyl (C=O) groups is 1. The summed E-state index contributed by atoms with van der Waals surface area (Å²) in [5.74, 6) is 0. The van der Waals surface area contributed by atoms with Crippen molar-refractivity contribution in [3.63, 3.8) is 0 Å². The molecule has 9 heavy (non-hydrogen) atoms. The highest BCUT2D eigenvalue weighted by atomic mass is 16.6. The summed E-state index contributed by atoms with van der Waals surface area (Å²) < 4.78 is 0. The zero-order valence-corrected chi connectivity index (χ0v) is 5.75. The molecule has 0 heterocycles. The van der Waals surface area contributed by atoms with Crippen LogP contribution in [0.25, 0.3) is 0 Å². The SMILES string of the molecule is CC(C)(C)O.O=C(O)O. The molecule has 4 heteroatoms. The van der Waals surface area contributed by atoms with Crippen LogP contribution in [-0.4, -0.2) is 27.1 Å². The van der Waals surface area contributed by atoms with E-state index in [0.717, 1.165) is 0 Å². The van der Waals surface area contributed by atoms with E-state index in [-0.39, 0.29) is 0 Å². The minimum atomic E-state index is -1.83. The van der Waals surface area contributed by atoms with E-state index in [1.165, 1.54) is 0 Å². The van der Waals surface area contributed by atoms with Crippen LogP contribution in [0.4, 0.5) is 4.79 Å². The molecule has 0 unspecified atom stereocenters. The first kappa shape index (κ1) is 11.1. The minimum Gasteiger partial charge on any atom is -0.450 e. The van der Waals surface area contributed by atoms with E-state index in [9.17, 15) is 0 Å². The van der Waals surface area contributed by atoms with Crippen molar-refractivity contribution in [2.75, 3.05) is 0 Å². The summed E-state index contributed by atoms with van der Waals surface area (Å²) in [5, 5.41) is 22.5. The molecule has 56 valence electrons. The highest BCUT2D eigenvalue weighted by Gasteiger charge is 1.97. The van der Waals surface area contributed by atoms with Crippen molar-refractivity contribution in [2.45, 2.75) is 26.4 Å². The molecule has 0 rings (SSSR count). The smallest absolute Gasteiger partial charge is 0.450 e. The van der Waals surface area contributed by atoms with Crippen LogP contribution in [0.15, 0.2) is 0 Å². The fourth-order valence-electron chi connectivity index (χ4n) is 0. The van der Waals surface area contributed by atoms with E-state index < -0.39 is 11.8 Å². The van der Waals surface area contributed by atoms with Crippen LogP contribution in [-0.2, 0) is 0 Å². The summed E-state index contributed by atoms with van der Waals surface area (Å²) in [6.45, 7) is 5.23. The second-order valence-corrected chi connectivity index (χ2v) is 2.45.